The summed E-state index contributed by atoms with van der Waals surface area (Å²) in [4.78, 5) is 33.0. The summed E-state index contributed by atoms with van der Waals surface area (Å²) < 4.78 is 5.03. The van der Waals surface area contributed by atoms with E-state index in [9.17, 15) is 9.59 Å². The molecule has 0 atom stereocenters. The van der Waals surface area contributed by atoms with Crippen LogP contribution in [0.1, 0.15) is 5.69 Å². The average molecular weight is 338 g/mol. The third-order valence-corrected chi connectivity index (χ3v) is 4.42. The van der Waals surface area contributed by atoms with Crippen LogP contribution in [0.5, 0.6) is 0 Å². The number of fused-ring (bicyclic) bond motifs is 3. The SMILES string of the molecule is Cc1cn2c3c(=O)[nH]c(=O)n(C)c3nc2n1-c1ccc(N(C)C)cc1. The number of aryl methyl sites for hydroxylation is 2. The summed E-state index contributed by atoms with van der Waals surface area (Å²) in [6.45, 7) is 1.95. The maximum absolute atomic E-state index is 12.3. The van der Waals surface area contributed by atoms with Gasteiger partial charge in [0.2, 0.25) is 5.78 Å². The minimum absolute atomic E-state index is 0.363. The summed E-state index contributed by atoms with van der Waals surface area (Å²) in [6.07, 6.45) is 1.85. The van der Waals surface area contributed by atoms with Crippen LogP contribution < -0.4 is 16.1 Å². The smallest absolute Gasteiger partial charge is 0.329 e. The number of nitrogens with zero attached hydrogens (tertiary/aromatic N) is 5. The van der Waals surface area contributed by atoms with Crippen LogP contribution in [0.2, 0.25) is 0 Å². The quantitative estimate of drug-likeness (QED) is 0.592. The van der Waals surface area contributed by atoms with Gasteiger partial charge in [0.25, 0.3) is 5.56 Å². The molecule has 0 aliphatic rings. The van der Waals surface area contributed by atoms with E-state index < -0.39 is 11.2 Å². The van der Waals surface area contributed by atoms with Crippen molar-refractivity contribution in [3.63, 3.8) is 0 Å². The van der Waals surface area contributed by atoms with Crippen LogP contribution in [0, 0.1) is 6.92 Å². The van der Waals surface area contributed by atoms with E-state index in [0.29, 0.717) is 16.9 Å². The first kappa shape index (κ1) is 15.3. The van der Waals surface area contributed by atoms with Gasteiger partial charge in [-0.1, -0.05) is 0 Å². The zero-order valence-corrected chi connectivity index (χ0v) is 14.4. The minimum atomic E-state index is -0.475. The van der Waals surface area contributed by atoms with Crippen molar-refractivity contribution in [1.82, 2.24) is 23.5 Å². The van der Waals surface area contributed by atoms with E-state index >= 15 is 0 Å². The van der Waals surface area contributed by atoms with Gasteiger partial charge in [-0.05, 0) is 31.2 Å². The lowest BCUT2D eigenvalue weighted by molar-refractivity contribution is 0.831. The first-order chi connectivity index (χ1) is 11.9. The van der Waals surface area contributed by atoms with E-state index in [2.05, 4.69) is 9.97 Å². The van der Waals surface area contributed by atoms with Crippen LogP contribution in [0.25, 0.3) is 22.6 Å². The highest BCUT2D eigenvalue weighted by Gasteiger charge is 2.18. The molecule has 3 aromatic heterocycles. The monoisotopic (exact) mass is 338 g/mol. The van der Waals surface area contributed by atoms with Gasteiger partial charge in [-0.25, -0.2) is 4.79 Å². The molecule has 1 N–H and O–H groups in total. The lowest BCUT2D eigenvalue weighted by atomic mass is 10.2. The van der Waals surface area contributed by atoms with E-state index in [0.717, 1.165) is 17.1 Å². The third kappa shape index (κ3) is 2.10. The molecule has 0 amide bonds. The first-order valence-electron chi connectivity index (χ1n) is 7.85. The van der Waals surface area contributed by atoms with E-state index in [1.165, 1.54) is 4.57 Å². The Bertz CT molecular complexity index is 1220. The largest absolute Gasteiger partial charge is 0.378 e. The molecule has 1 aromatic carbocycles. The Morgan fingerprint density at radius 2 is 1.80 bits per heavy atom. The van der Waals surface area contributed by atoms with Crippen molar-refractivity contribution in [1.29, 1.82) is 0 Å². The van der Waals surface area contributed by atoms with Gasteiger partial charge in [0, 0.05) is 44.4 Å². The van der Waals surface area contributed by atoms with Crippen molar-refractivity contribution in [3.05, 3.63) is 57.0 Å². The summed E-state index contributed by atoms with van der Waals surface area (Å²) >= 11 is 0. The summed E-state index contributed by atoms with van der Waals surface area (Å²) in [6, 6.07) is 8.06. The predicted octanol–water partition coefficient (Wildman–Crippen LogP) is 1.04. The molecule has 25 heavy (non-hydrogen) atoms. The first-order valence-corrected chi connectivity index (χ1v) is 7.85. The van der Waals surface area contributed by atoms with Crippen molar-refractivity contribution in [2.75, 3.05) is 19.0 Å². The highest BCUT2D eigenvalue weighted by molar-refractivity contribution is 5.76. The van der Waals surface area contributed by atoms with Gasteiger partial charge < -0.3 is 4.90 Å². The number of H-pyrrole nitrogens is 1. The number of benzene rings is 1. The number of rotatable bonds is 2. The predicted molar refractivity (Wildman–Crippen MR) is 97.0 cm³/mol. The Balaban J connectivity index is 2.05. The number of nitrogens with one attached hydrogen (secondary N) is 1. The molecular weight excluding hydrogens is 320 g/mol. The van der Waals surface area contributed by atoms with Gasteiger partial charge >= 0.3 is 5.69 Å². The highest BCUT2D eigenvalue weighted by Crippen LogP contribution is 2.22. The van der Waals surface area contributed by atoms with E-state index in [1.807, 2.05) is 60.9 Å². The van der Waals surface area contributed by atoms with Gasteiger partial charge in [-0.2, -0.15) is 4.98 Å². The number of aromatic nitrogens is 5. The molecule has 4 aromatic rings. The fourth-order valence-corrected chi connectivity index (χ4v) is 3.09. The van der Waals surface area contributed by atoms with Gasteiger partial charge in [0.05, 0.1) is 0 Å². The topological polar surface area (TPSA) is 80.3 Å². The molecule has 128 valence electrons. The normalized spacial score (nSPS) is 11.5. The molecule has 3 heterocycles. The third-order valence-electron chi connectivity index (χ3n) is 4.42. The van der Waals surface area contributed by atoms with Crippen LogP contribution in [0.15, 0.2) is 40.1 Å². The Morgan fingerprint density at radius 1 is 1.12 bits per heavy atom. The molecule has 0 saturated carbocycles. The second-order valence-corrected chi connectivity index (χ2v) is 6.29. The summed E-state index contributed by atoms with van der Waals surface area (Å²) in [5.74, 6) is 0.594. The van der Waals surface area contributed by atoms with Gasteiger partial charge in [-0.15, -0.1) is 0 Å². The highest BCUT2D eigenvalue weighted by atomic mass is 16.2. The van der Waals surface area contributed by atoms with Crippen molar-refractivity contribution >= 4 is 22.6 Å². The number of hydrogen-bond donors (Lipinski definition) is 1. The number of anilines is 1. The van der Waals surface area contributed by atoms with Gasteiger partial charge in [-0.3, -0.25) is 23.3 Å². The molecule has 0 radical (unpaired) electrons. The Morgan fingerprint density at radius 3 is 2.44 bits per heavy atom. The Hall–Kier alpha value is -3.29. The number of imidazole rings is 2. The zero-order chi connectivity index (χ0) is 17.9. The van der Waals surface area contributed by atoms with Crippen molar-refractivity contribution in [2.24, 2.45) is 7.05 Å². The van der Waals surface area contributed by atoms with Crippen LogP contribution in [-0.2, 0) is 7.05 Å². The number of aromatic amines is 1. The fraction of sp³-hybridized carbons (Fsp3) is 0.235. The van der Waals surface area contributed by atoms with E-state index in [4.69, 9.17) is 0 Å². The molecule has 8 heteroatoms. The number of hydrogen-bond acceptors (Lipinski definition) is 4. The molecule has 8 nitrogen and oxygen atoms in total. The molecular formula is C17H18N6O2. The van der Waals surface area contributed by atoms with E-state index in [-0.39, 0.29) is 0 Å². The summed E-state index contributed by atoms with van der Waals surface area (Å²) in [5.41, 5.74) is 2.79. The molecule has 0 unspecified atom stereocenters. The van der Waals surface area contributed by atoms with Crippen molar-refractivity contribution < 1.29 is 0 Å². The lowest BCUT2D eigenvalue weighted by Gasteiger charge is -2.13. The fourth-order valence-electron chi connectivity index (χ4n) is 3.09. The summed E-state index contributed by atoms with van der Waals surface area (Å²) in [5, 5.41) is 0. The molecule has 0 aliphatic heterocycles. The molecule has 0 spiro atoms. The lowest BCUT2D eigenvalue weighted by Crippen LogP contribution is -2.28. The summed E-state index contributed by atoms with van der Waals surface area (Å²) in [7, 11) is 5.57. The Labute approximate surface area is 142 Å². The van der Waals surface area contributed by atoms with Crippen molar-refractivity contribution in [2.45, 2.75) is 6.92 Å². The molecule has 0 saturated heterocycles. The second-order valence-electron chi connectivity index (χ2n) is 6.29. The molecule has 0 fully saturated rings. The van der Waals surface area contributed by atoms with Gasteiger partial charge in [0.15, 0.2) is 11.2 Å². The van der Waals surface area contributed by atoms with E-state index in [1.54, 1.807) is 11.4 Å². The molecule has 4 rings (SSSR count). The maximum atomic E-state index is 12.3. The minimum Gasteiger partial charge on any atom is -0.378 e. The van der Waals surface area contributed by atoms with Gasteiger partial charge in [0.1, 0.15) is 0 Å². The van der Waals surface area contributed by atoms with Crippen LogP contribution in [0.4, 0.5) is 5.69 Å². The molecule has 0 aliphatic carbocycles. The maximum Gasteiger partial charge on any atom is 0.329 e. The van der Waals surface area contributed by atoms with Crippen LogP contribution in [0.3, 0.4) is 0 Å². The second kappa shape index (κ2) is 5.10. The van der Waals surface area contributed by atoms with Crippen molar-refractivity contribution in [3.8, 4) is 5.69 Å². The zero-order valence-electron chi connectivity index (χ0n) is 14.4. The average Bonchev–Trinajstić information content (AvgIpc) is 3.07. The van der Waals surface area contributed by atoms with Crippen LogP contribution >= 0.6 is 0 Å². The molecule has 0 bridgehead atoms. The van der Waals surface area contributed by atoms with Crippen LogP contribution in [-0.4, -0.2) is 37.6 Å². The Kier molecular flexibility index (Phi) is 3.11. The standard InChI is InChI=1S/C17H18N6O2/c1-10-9-22-13-14(21(4)17(25)19-15(13)24)18-16(22)23(10)12-7-5-11(6-8-12)20(2)3/h5-9H,1-4H3,(H,19,24,25).